The highest BCUT2D eigenvalue weighted by atomic mass is 16.6. The predicted octanol–water partition coefficient (Wildman–Crippen LogP) is 2.98. The fourth-order valence-electron chi connectivity index (χ4n) is 5.31. The van der Waals surface area contributed by atoms with E-state index in [1.54, 1.807) is 0 Å². The summed E-state index contributed by atoms with van der Waals surface area (Å²) >= 11 is 0. The lowest BCUT2D eigenvalue weighted by molar-refractivity contribution is -0.156. The first kappa shape index (κ1) is 19.8. The third kappa shape index (κ3) is 3.85. The molecule has 0 bridgehead atoms. The molecule has 1 heterocycles. The molecule has 2 N–H and O–H groups in total. The summed E-state index contributed by atoms with van der Waals surface area (Å²) < 4.78 is 11.9. The molecule has 148 valence electrons. The Morgan fingerprint density at radius 1 is 1.35 bits per heavy atom. The lowest BCUT2D eigenvalue weighted by Crippen LogP contribution is -2.52. The first-order valence-corrected chi connectivity index (χ1v) is 10.2. The molecule has 1 saturated carbocycles. The fourth-order valence-corrected chi connectivity index (χ4v) is 5.31. The lowest BCUT2D eigenvalue weighted by Gasteiger charge is -2.48. The highest BCUT2D eigenvalue weighted by Gasteiger charge is 2.58. The molecule has 2 fully saturated rings. The standard InChI is InChI=1S/C21H34O5/c1-4-18(24)26-17-12-25-20-19-14(8-9-21(17,20)3)6-5-7-15(22)10-13(2)11-16(19)23/h11,14-17,19-20,22-23H,4-10,12H2,1-3H3/t14?,15-,16-,17-,19?,20?,21+/m0/s1. The number of hydrogen-bond acceptors (Lipinski definition) is 5. The van der Waals surface area contributed by atoms with Crippen LogP contribution in [0.2, 0.25) is 0 Å². The summed E-state index contributed by atoms with van der Waals surface area (Å²) in [6.45, 7) is 6.36. The first-order chi connectivity index (χ1) is 12.3. The van der Waals surface area contributed by atoms with Crippen LogP contribution in [0.15, 0.2) is 11.6 Å². The maximum atomic E-state index is 11.8. The summed E-state index contributed by atoms with van der Waals surface area (Å²) in [5.74, 6) is 0.209. The van der Waals surface area contributed by atoms with Crippen LogP contribution in [0.25, 0.3) is 0 Å². The summed E-state index contributed by atoms with van der Waals surface area (Å²) in [7, 11) is 0. The number of rotatable bonds is 2. The number of hydrogen-bond donors (Lipinski definition) is 2. The van der Waals surface area contributed by atoms with Gasteiger partial charge in [-0.25, -0.2) is 0 Å². The van der Waals surface area contributed by atoms with Gasteiger partial charge in [0.15, 0.2) is 0 Å². The van der Waals surface area contributed by atoms with E-state index in [0.29, 0.717) is 25.4 Å². The van der Waals surface area contributed by atoms with Crippen molar-refractivity contribution in [3.63, 3.8) is 0 Å². The van der Waals surface area contributed by atoms with Crippen molar-refractivity contribution >= 4 is 5.97 Å². The zero-order valence-electron chi connectivity index (χ0n) is 16.3. The second kappa shape index (κ2) is 7.99. The number of esters is 1. The smallest absolute Gasteiger partial charge is 0.305 e. The van der Waals surface area contributed by atoms with Crippen molar-refractivity contribution in [3.05, 3.63) is 11.6 Å². The van der Waals surface area contributed by atoms with Gasteiger partial charge in [-0.05, 0) is 44.9 Å². The summed E-state index contributed by atoms with van der Waals surface area (Å²) in [5, 5.41) is 21.1. The average Bonchev–Trinajstić information content (AvgIpc) is 2.90. The van der Waals surface area contributed by atoms with Gasteiger partial charge in [-0.1, -0.05) is 31.9 Å². The molecule has 26 heavy (non-hydrogen) atoms. The van der Waals surface area contributed by atoms with Crippen LogP contribution in [-0.4, -0.2) is 47.2 Å². The fraction of sp³-hybridized carbons (Fsp3) is 0.857. The first-order valence-electron chi connectivity index (χ1n) is 10.2. The van der Waals surface area contributed by atoms with Crippen molar-refractivity contribution in [1.82, 2.24) is 0 Å². The number of ether oxygens (including phenoxy) is 2. The Labute approximate surface area is 156 Å². The topological polar surface area (TPSA) is 76.0 Å². The molecular formula is C21H34O5. The molecular weight excluding hydrogens is 332 g/mol. The van der Waals surface area contributed by atoms with Crippen molar-refractivity contribution in [2.24, 2.45) is 17.3 Å². The predicted molar refractivity (Wildman–Crippen MR) is 98.5 cm³/mol. The van der Waals surface area contributed by atoms with Crippen molar-refractivity contribution < 1.29 is 24.5 Å². The number of carbonyl (C=O) groups is 1. The molecule has 1 saturated heterocycles. The Morgan fingerprint density at radius 3 is 2.85 bits per heavy atom. The van der Waals surface area contributed by atoms with Crippen molar-refractivity contribution in [3.8, 4) is 0 Å². The Morgan fingerprint density at radius 2 is 2.12 bits per heavy atom. The van der Waals surface area contributed by atoms with Gasteiger partial charge in [-0.15, -0.1) is 0 Å². The van der Waals surface area contributed by atoms with Gasteiger partial charge in [0, 0.05) is 17.8 Å². The van der Waals surface area contributed by atoms with E-state index in [4.69, 9.17) is 9.47 Å². The number of aliphatic hydroxyl groups excluding tert-OH is 2. The van der Waals surface area contributed by atoms with Crippen molar-refractivity contribution in [2.75, 3.05) is 6.61 Å². The molecule has 0 radical (unpaired) electrons. The van der Waals surface area contributed by atoms with E-state index < -0.39 is 6.10 Å². The largest absolute Gasteiger partial charge is 0.459 e. The molecule has 0 amide bonds. The van der Waals surface area contributed by atoms with Crippen LogP contribution in [0.5, 0.6) is 0 Å². The minimum absolute atomic E-state index is 0.0178. The SMILES string of the molecule is CCC(=O)O[C@H]1COC2C3C(CCC[C@H](O)CC(C)=C[C@@H]3O)CC[C@@]21C. The number of carbonyl (C=O) groups excluding carboxylic acids is 1. The van der Waals surface area contributed by atoms with Crippen LogP contribution in [0.3, 0.4) is 0 Å². The summed E-state index contributed by atoms with van der Waals surface area (Å²) in [6.07, 6.45) is 6.40. The van der Waals surface area contributed by atoms with Gasteiger partial charge in [0.05, 0.1) is 24.9 Å². The van der Waals surface area contributed by atoms with E-state index in [2.05, 4.69) is 6.92 Å². The molecule has 5 heteroatoms. The van der Waals surface area contributed by atoms with Gasteiger partial charge >= 0.3 is 5.97 Å². The van der Waals surface area contributed by atoms with E-state index in [0.717, 1.165) is 37.7 Å². The zero-order valence-corrected chi connectivity index (χ0v) is 16.3. The van der Waals surface area contributed by atoms with Gasteiger partial charge in [-0.3, -0.25) is 4.79 Å². The van der Waals surface area contributed by atoms with Gasteiger partial charge in [0.2, 0.25) is 0 Å². The van der Waals surface area contributed by atoms with Crippen molar-refractivity contribution in [2.45, 2.75) is 90.1 Å². The minimum Gasteiger partial charge on any atom is -0.459 e. The van der Waals surface area contributed by atoms with Crippen LogP contribution in [-0.2, 0) is 14.3 Å². The molecule has 0 spiro atoms. The van der Waals surface area contributed by atoms with Gasteiger partial charge in [0.25, 0.3) is 0 Å². The maximum absolute atomic E-state index is 11.8. The zero-order chi connectivity index (χ0) is 18.9. The highest BCUT2D eigenvalue weighted by Crippen LogP contribution is 2.53. The summed E-state index contributed by atoms with van der Waals surface area (Å²) in [5.41, 5.74) is 0.795. The Bertz CT molecular complexity index is 545. The Balaban J connectivity index is 1.85. The number of fused-ring (bicyclic) bond motifs is 3. The van der Waals surface area contributed by atoms with E-state index in [1.165, 1.54) is 0 Å². The normalized spacial score (nSPS) is 43.8. The van der Waals surface area contributed by atoms with E-state index in [1.807, 2.05) is 19.9 Å². The molecule has 3 aliphatic rings. The number of aliphatic hydroxyl groups is 2. The van der Waals surface area contributed by atoms with Crippen LogP contribution >= 0.6 is 0 Å². The summed E-state index contributed by atoms with van der Waals surface area (Å²) in [6, 6.07) is 0. The van der Waals surface area contributed by atoms with Gasteiger partial charge < -0.3 is 19.7 Å². The quantitative estimate of drug-likeness (QED) is 0.580. The van der Waals surface area contributed by atoms with Crippen molar-refractivity contribution in [1.29, 1.82) is 0 Å². The third-order valence-corrected chi connectivity index (χ3v) is 6.84. The molecule has 3 unspecified atom stereocenters. The van der Waals surface area contributed by atoms with E-state index in [-0.39, 0.29) is 35.6 Å². The molecule has 7 atom stereocenters. The van der Waals surface area contributed by atoms with E-state index in [9.17, 15) is 15.0 Å². The molecule has 1 aliphatic heterocycles. The second-order valence-corrected chi connectivity index (χ2v) is 8.76. The second-order valence-electron chi connectivity index (χ2n) is 8.76. The molecule has 3 rings (SSSR count). The van der Waals surface area contributed by atoms with Gasteiger partial charge in [0.1, 0.15) is 6.10 Å². The van der Waals surface area contributed by atoms with Crippen LogP contribution in [0, 0.1) is 17.3 Å². The maximum Gasteiger partial charge on any atom is 0.305 e. The Kier molecular flexibility index (Phi) is 6.10. The molecule has 5 nitrogen and oxygen atoms in total. The summed E-state index contributed by atoms with van der Waals surface area (Å²) in [4.78, 5) is 11.8. The average molecular weight is 366 g/mol. The highest BCUT2D eigenvalue weighted by molar-refractivity contribution is 5.69. The lowest BCUT2D eigenvalue weighted by atomic mass is 9.60. The van der Waals surface area contributed by atoms with E-state index >= 15 is 0 Å². The van der Waals surface area contributed by atoms with Crippen LogP contribution in [0.1, 0.15) is 65.7 Å². The molecule has 2 aliphatic carbocycles. The molecule has 0 aromatic carbocycles. The minimum atomic E-state index is -0.587. The Hall–Kier alpha value is -0.910. The molecule has 0 aromatic rings. The van der Waals surface area contributed by atoms with Crippen LogP contribution in [0.4, 0.5) is 0 Å². The third-order valence-electron chi connectivity index (χ3n) is 6.84. The monoisotopic (exact) mass is 366 g/mol. The molecule has 0 aromatic heterocycles. The van der Waals surface area contributed by atoms with Gasteiger partial charge in [-0.2, -0.15) is 0 Å². The van der Waals surface area contributed by atoms with Crippen LogP contribution < -0.4 is 0 Å².